The van der Waals surface area contributed by atoms with Gasteiger partial charge in [-0.05, 0) is 12.1 Å². The minimum Gasteiger partial charge on any atom is -0.324 e. The molecule has 3 heterocycles. The number of nitrogens with zero attached hydrogens (tertiary/aromatic N) is 3. The van der Waals surface area contributed by atoms with Gasteiger partial charge in [0, 0.05) is 36.5 Å². The van der Waals surface area contributed by atoms with Gasteiger partial charge in [0.2, 0.25) is 16.0 Å². The molecule has 0 saturated carbocycles. The molecule has 138 valence electrons. The van der Waals surface area contributed by atoms with Crippen LogP contribution in [0.25, 0.3) is 0 Å². The van der Waals surface area contributed by atoms with Crippen molar-refractivity contribution in [3.63, 3.8) is 0 Å². The summed E-state index contributed by atoms with van der Waals surface area (Å²) in [5.74, 6) is -0.268. The summed E-state index contributed by atoms with van der Waals surface area (Å²) in [4.78, 5) is 8.74. The Bertz CT molecular complexity index is 1050. The number of fused-ring (bicyclic) bond motifs is 3. The lowest BCUT2D eigenvalue weighted by atomic mass is 10.00. The SMILES string of the molecule is CS(=O)(=O)N1C[C@H]2c3nc(Nc4ccccc4)ncc3CS(=O)(=O)[C@H]2C1. The van der Waals surface area contributed by atoms with Gasteiger partial charge in [-0.15, -0.1) is 0 Å². The van der Waals surface area contributed by atoms with E-state index < -0.39 is 31.0 Å². The van der Waals surface area contributed by atoms with Gasteiger partial charge in [0.05, 0.1) is 23.0 Å². The van der Waals surface area contributed by atoms with Crippen LogP contribution in [0.3, 0.4) is 0 Å². The zero-order valence-corrected chi connectivity index (χ0v) is 15.7. The molecule has 0 amide bonds. The van der Waals surface area contributed by atoms with Gasteiger partial charge >= 0.3 is 0 Å². The number of anilines is 2. The second kappa shape index (κ2) is 6.00. The highest BCUT2D eigenvalue weighted by Gasteiger charge is 2.49. The number of benzene rings is 1. The minimum atomic E-state index is -3.46. The first-order valence-corrected chi connectivity index (χ1v) is 11.6. The molecule has 4 rings (SSSR count). The molecule has 0 unspecified atom stereocenters. The summed E-state index contributed by atoms with van der Waals surface area (Å²) in [6, 6.07) is 9.40. The molecule has 8 nitrogen and oxygen atoms in total. The van der Waals surface area contributed by atoms with E-state index in [0.717, 1.165) is 11.9 Å². The van der Waals surface area contributed by atoms with Crippen LogP contribution in [0.5, 0.6) is 0 Å². The number of sulfonamides is 1. The zero-order valence-electron chi connectivity index (χ0n) is 14.0. The highest BCUT2D eigenvalue weighted by atomic mass is 32.2. The van der Waals surface area contributed by atoms with E-state index in [2.05, 4.69) is 15.3 Å². The van der Waals surface area contributed by atoms with Crippen LogP contribution in [0.4, 0.5) is 11.6 Å². The summed E-state index contributed by atoms with van der Waals surface area (Å²) in [6.07, 6.45) is 2.62. The molecule has 2 aliphatic rings. The second-order valence-corrected chi connectivity index (χ2v) is 10.8. The van der Waals surface area contributed by atoms with Crippen molar-refractivity contribution in [2.45, 2.75) is 16.9 Å². The largest absolute Gasteiger partial charge is 0.324 e. The Morgan fingerprint density at radius 1 is 1.19 bits per heavy atom. The molecule has 2 aromatic rings. The maximum atomic E-state index is 12.6. The Morgan fingerprint density at radius 3 is 2.62 bits per heavy atom. The molecule has 0 spiro atoms. The van der Waals surface area contributed by atoms with Crippen LogP contribution in [0, 0.1) is 0 Å². The van der Waals surface area contributed by atoms with E-state index in [4.69, 9.17) is 0 Å². The Morgan fingerprint density at radius 2 is 1.92 bits per heavy atom. The van der Waals surface area contributed by atoms with Crippen molar-refractivity contribution in [1.29, 1.82) is 0 Å². The van der Waals surface area contributed by atoms with E-state index in [9.17, 15) is 16.8 Å². The van der Waals surface area contributed by atoms with Crippen LogP contribution in [-0.4, -0.2) is 55.7 Å². The minimum absolute atomic E-state index is 0.0171. The molecule has 1 fully saturated rings. The lowest BCUT2D eigenvalue weighted by molar-refractivity contribution is 0.477. The lowest BCUT2D eigenvalue weighted by Crippen LogP contribution is -2.35. The van der Waals surface area contributed by atoms with Gasteiger partial charge in [-0.2, -0.15) is 0 Å². The normalized spacial score (nSPS) is 24.7. The fourth-order valence-electron chi connectivity index (χ4n) is 3.52. The van der Waals surface area contributed by atoms with Crippen molar-refractivity contribution in [2.75, 3.05) is 24.7 Å². The highest BCUT2D eigenvalue weighted by Crippen LogP contribution is 2.40. The number of sulfone groups is 1. The molecule has 0 bridgehead atoms. The van der Waals surface area contributed by atoms with Gasteiger partial charge in [-0.3, -0.25) is 0 Å². The molecule has 2 aliphatic heterocycles. The summed E-state index contributed by atoms with van der Waals surface area (Å²) in [5.41, 5.74) is 1.97. The first-order valence-electron chi connectivity index (χ1n) is 8.08. The summed E-state index contributed by atoms with van der Waals surface area (Å²) < 4.78 is 50.2. The fraction of sp³-hybridized carbons (Fsp3) is 0.375. The predicted molar refractivity (Wildman–Crippen MR) is 97.3 cm³/mol. The van der Waals surface area contributed by atoms with Gasteiger partial charge in [0.25, 0.3) is 0 Å². The third-order valence-electron chi connectivity index (χ3n) is 4.80. The van der Waals surface area contributed by atoms with E-state index in [1.165, 1.54) is 10.5 Å². The number of hydrogen-bond acceptors (Lipinski definition) is 7. The summed E-state index contributed by atoms with van der Waals surface area (Å²) in [6.45, 7) is 0.105. The first-order chi connectivity index (χ1) is 12.2. The average molecular weight is 394 g/mol. The summed E-state index contributed by atoms with van der Waals surface area (Å²) in [7, 11) is -6.91. The van der Waals surface area contributed by atoms with Crippen molar-refractivity contribution in [3.8, 4) is 0 Å². The van der Waals surface area contributed by atoms with E-state index in [-0.39, 0.29) is 18.8 Å². The van der Waals surface area contributed by atoms with Crippen molar-refractivity contribution < 1.29 is 16.8 Å². The van der Waals surface area contributed by atoms with Gasteiger partial charge in [0.1, 0.15) is 0 Å². The fourth-order valence-corrected chi connectivity index (χ4v) is 6.47. The number of para-hydroxylation sites is 1. The second-order valence-electron chi connectivity index (χ2n) is 6.63. The van der Waals surface area contributed by atoms with E-state index in [0.29, 0.717) is 17.2 Å². The molecule has 1 N–H and O–H groups in total. The Balaban J connectivity index is 1.72. The van der Waals surface area contributed by atoms with Crippen molar-refractivity contribution in [2.24, 2.45) is 0 Å². The molecule has 26 heavy (non-hydrogen) atoms. The standard InChI is InChI=1S/C16H18N4O4S2/c1-25(21,22)20-8-13-14(9-20)26(23,24)10-11-7-17-16(19-15(11)13)18-12-5-3-2-4-6-12/h2-7,13-14H,8-10H2,1H3,(H,17,18,19)/t13-,14+/m1/s1. The zero-order chi connectivity index (χ0) is 18.5. The molecule has 10 heteroatoms. The van der Waals surface area contributed by atoms with Crippen LogP contribution >= 0.6 is 0 Å². The summed E-state index contributed by atoms with van der Waals surface area (Å²) in [5, 5.41) is 2.33. The smallest absolute Gasteiger partial charge is 0.227 e. The van der Waals surface area contributed by atoms with Crippen LogP contribution in [0.2, 0.25) is 0 Å². The summed E-state index contributed by atoms with van der Waals surface area (Å²) >= 11 is 0. The predicted octanol–water partition coefficient (Wildman–Crippen LogP) is 0.876. The van der Waals surface area contributed by atoms with E-state index >= 15 is 0 Å². The van der Waals surface area contributed by atoms with Gasteiger partial charge in [-0.25, -0.2) is 31.1 Å². The number of hydrogen-bond donors (Lipinski definition) is 1. The highest BCUT2D eigenvalue weighted by molar-refractivity contribution is 7.91. The number of nitrogens with one attached hydrogen (secondary N) is 1. The molecular weight excluding hydrogens is 376 g/mol. The van der Waals surface area contributed by atoms with Gasteiger partial charge < -0.3 is 5.32 Å². The van der Waals surface area contributed by atoms with Crippen LogP contribution in [0.1, 0.15) is 17.2 Å². The molecule has 1 aromatic heterocycles. The number of rotatable bonds is 3. The molecule has 2 atom stereocenters. The molecule has 1 aromatic carbocycles. The maximum absolute atomic E-state index is 12.6. The topological polar surface area (TPSA) is 109 Å². The van der Waals surface area contributed by atoms with E-state index in [1.54, 1.807) is 0 Å². The van der Waals surface area contributed by atoms with Crippen molar-refractivity contribution in [3.05, 3.63) is 47.8 Å². The number of aromatic nitrogens is 2. The monoisotopic (exact) mass is 394 g/mol. The Hall–Kier alpha value is -2.04. The third-order valence-corrected chi connectivity index (χ3v) is 8.15. The van der Waals surface area contributed by atoms with Crippen LogP contribution in [-0.2, 0) is 25.6 Å². The molecule has 0 radical (unpaired) electrons. The average Bonchev–Trinajstić information content (AvgIpc) is 3.03. The van der Waals surface area contributed by atoms with E-state index in [1.807, 2.05) is 30.3 Å². The third kappa shape index (κ3) is 3.08. The van der Waals surface area contributed by atoms with Gasteiger partial charge in [-0.1, -0.05) is 18.2 Å². The van der Waals surface area contributed by atoms with Gasteiger partial charge in [0.15, 0.2) is 9.84 Å². The molecular formula is C16H18N4O4S2. The van der Waals surface area contributed by atoms with Crippen LogP contribution in [0.15, 0.2) is 36.5 Å². The Kier molecular flexibility index (Phi) is 4.01. The van der Waals surface area contributed by atoms with Crippen molar-refractivity contribution in [1.82, 2.24) is 14.3 Å². The van der Waals surface area contributed by atoms with Crippen LogP contribution < -0.4 is 5.32 Å². The van der Waals surface area contributed by atoms with Crippen molar-refractivity contribution >= 4 is 31.5 Å². The molecule has 0 aliphatic carbocycles. The first kappa shape index (κ1) is 17.4. The maximum Gasteiger partial charge on any atom is 0.227 e. The molecule has 1 saturated heterocycles. The quantitative estimate of drug-likeness (QED) is 0.823. The Labute approximate surface area is 152 Å². The lowest BCUT2D eigenvalue weighted by Gasteiger charge is -2.26.